The number of aromatic nitrogens is 4. The van der Waals surface area contributed by atoms with E-state index in [0.29, 0.717) is 48.2 Å². The molecule has 1 aliphatic rings. The van der Waals surface area contributed by atoms with Crippen LogP contribution in [0, 0.1) is 5.92 Å². The number of likely N-dealkylation sites (tertiary alicyclic amines) is 1. The molecule has 1 unspecified atom stereocenters. The fourth-order valence-corrected chi connectivity index (χ4v) is 7.56. The van der Waals surface area contributed by atoms with Crippen molar-refractivity contribution in [2.75, 3.05) is 25.5 Å². The Bertz CT molecular complexity index is 1670. The third-order valence-corrected chi connectivity index (χ3v) is 10.0. The molecule has 0 spiro atoms. The third kappa shape index (κ3) is 4.95. The molecule has 3 aromatic heterocycles. The molecule has 0 radical (unpaired) electrons. The summed E-state index contributed by atoms with van der Waals surface area (Å²) in [6.45, 7) is 4.52. The van der Waals surface area contributed by atoms with Crippen molar-refractivity contribution < 1.29 is 21.2 Å². The van der Waals surface area contributed by atoms with E-state index in [1.54, 1.807) is 24.3 Å². The number of rotatable bonds is 8. The maximum absolute atomic E-state index is 13.5. The second-order valence-corrected chi connectivity index (χ2v) is 14.0. The minimum absolute atomic E-state index is 0.0351. The van der Waals surface area contributed by atoms with Crippen molar-refractivity contribution in [1.29, 1.82) is 0 Å². The third-order valence-electron chi connectivity index (χ3n) is 7.50. The van der Waals surface area contributed by atoms with Gasteiger partial charge in [-0.3, -0.25) is 4.90 Å². The van der Waals surface area contributed by atoms with Gasteiger partial charge in [-0.1, -0.05) is 18.2 Å². The smallest absolute Gasteiger partial charge is 0.269 e. The molecule has 3 N–H and O–H groups in total. The summed E-state index contributed by atoms with van der Waals surface area (Å²) < 4.78 is 65.5. The number of sulfonamides is 1. The van der Waals surface area contributed by atoms with E-state index in [2.05, 4.69) is 14.9 Å². The number of nitrogens with zero attached hydrogens (tertiary/aromatic N) is 4. The van der Waals surface area contributed by atoms with Gasteiger partial charge in [0, 0.05) is 23.0 Å². The molecule has 5 rings (SSSR count). The number of piperidine rings is 1. The van der Waals surface area contributed by atoms with E-state index < -0.39 is 38.2 Å². The van der Waals surface area contributed by atoms with Crippen LogP contribution in [0.4, 0.5) is 4.39 Å². The highest BCUT2D eigenvalue weighted by atomic mass is 32.2. The largest absolute Gasteiger partial charge is 0.340 e. The summed E-state index contributed by atoms with van der Waals surface area (Å²) >= 11 is 0. The first-order valence-electron chi connectivity index (χ1n) is 12.4. The number of primary sulfonamides is 1. The molecule has 38 heavy (non-hydrogen) atoms. The number of H-pyrrole nitrogens is 1. The highest BCUT2D eigenvalue weighted by Crippen LogP contribution is 2.36. The summed E-state index contributed by atoms with van der Waals surface area (Å²) in [5, 5.41) is 6.00. The summed E-state index contributed by atoms with van der Waals surface area (Å²) in [5.74, 6) is -0.361. The minimum Gasteiger partial charge on any atom is -0.340 e. The Kier molecular flexibility index (Phi) is 6.83. The molecule has 13 heteroatoms. The lowest BCUT2D eigenvalue weighted by Gasteiger charge is -2.42. The van der Waals surface area contributed by atoms with Crippen molar-refractivity contribution in [2.45, 2.75) is 43.0 Å². The topological polar surface area (TPSA) is 144 Å². The van der Waals surface area contributed by atoms with Gasteiger partial charge < -0.3 is 4.98 Å². The van der Waals surface area contributed by atoms with Crippen molar-refractivity contribution >= 4 is 42.1 Å². The maximum Gasteiger partial charge on any atom is 0.269 e. The van der Waals surface area contributed by atoms with Crippen molar-refractivity contribution in [3.8, 4) is 0 Å². The van der Waals surface area contributed by atoms with Crippen LogP contribution in [0.15, 0.2) is 53.7 Å². The molecule has 1 fully saturated rings. The fraction of sp³-hybridized carbons (Fsp3) is 0.440. The molecule has 10 nitrogen and oxygen atoms in total. The lowest BCUT2D eigenvalue weighted by Crippen LogP contribution is -2.50. The van der Waals surface area contributed by atoms with Crippen LogP contribution < -0.4 is 5.14 Å². The zero-order valence-electron chi connectivity index (χ0n) is 21.2. The molecule has 4 aromatic rings. The number of alkyl halides is 1. The molecule has 1 atom stereocenters. The van der Waals surface area contributed by atoms with Crippen molar-refractivity contribution in [3.63, 3.8) is 0 Å². The molecule has 1 saturated heterocycles. The number of halogens is 1. The van der Waals surface area contributed by atoms with Crippen LogP contribution in [0.2, 0.25) is 0 Å². The van der Waals surface area contributed by atoms with Crippen molar-refractivity contribution in [3.05, 3.63) is 54.6 Å². The Morgan fingerprint density at radius 1 is 1.13 bits per heavy atom. The monoisotopic (exact) mass is 562 g/mol. The molecule has 4 heterocycles. The summed E-state index contributed by atoms with van der Waals surface area (Å²) in [6.07, 6.45) is 4.28. The molecule has 0 aliphatic carbocycles. The van der Waals surface area contributed by atoms with Crippen molar-refractivity contribution in [1.82, 2.24) is 23.8 Å². The van der Waals surface area contributed by atoms with Gasteiger partial charge in [-0.25, -0.2) is 40.3 Å². The van der Waals surface area contributed by atoms with Crippen LogP contribution in [0.1, 0.15) is 38.4 Å². The first kappa shape index (κ1) is 26.7. The Morgan fingerprint density at radius 3 is 2.45 bits per heavy atom. The van der Waals surface area contributed by atoms with E-state index >= 15 is 0 Å². The van der Waals surface area contributed by atoms with E-state index in [4.69, 9.17) is 10.1 Å². The number of aromatic amines is 1. The normalized spacial score (nSPS) is 17.4. The summed E-state index contributed by atoms with van der Waals surface area (Å²) in [7, 11) is -7.70. The van der Waals surface area contributed by atoms with Crippen LogP contribution >= 0.6 is 0 Å². The second kappa shape index (κ2) is 9.70. The number of hydrogen-bond donors (Lipinski definition) is 2. The Hall–Kier alpha value is -2.87. The highest BCUT2D eigenvalue weighted by molar-refractivity contribution is 7.90. The fourth-order valence-electron chi connectivity index (χ4n) is 5.30. The number of fused-ring (bicyclic) bond motifs is 3. The second-order valence-electron chi connectivity index (χ2n) is 10.5. The van der Waals surface area contributed by atoms with Crippen LogP contribution in [0.5, 0.6) is 0 Å². The van der Waals surface area contributed by atoms with Gasteiger partial charge in [0.1, 0.15) is 18.0 Å². The Morgan fingerprint density at radius 2 is 1.82 bits per heavy atom. The predicted octanol–water partition coefficient (Wildman–Crippen LogP) is 2.98. The average molecular weight is 563 g/mol. The average Bonchev–Trinajstić information content (AvgIpc) is 3.52. The minimum atomic E-state index is -3.87. The maximum atomic E-state index is 13.5. The van der Waals surface area contributed by atoms with Gasteiger partial charge >= 0.3 is 0 Å². The SMILES string of the molecule is CC(C)(CF)N1CCC(C(CS(N)(=O)=O)c2nc3c(cnc4c3ccn4S(=O)(=O)c3ccccc3)[nH]2)CC1. The van der Waals surface area contributed by atoms with Crippen LogP contribution in [-0.2, 0) is 20.0 Å². The molecule has 0 saturated carbocycles. The zero-order chi connectivity index (χ0) is 27.3. The van der Waals surface area contributed by atoms with Gasteiger partial charge in [0.25, 0.3) is 10.0 Å². The molecular weight excluding hydrogens is 531 g/mol. The molecule has 0 amide bonds. The quantitative estimate of drug-likeness (QED) is 0.336. The molecule has 0 bridgehead atoms. The summed E-state index contributed by atoms with van der Waals surface area (Å²) in [6, 6.07) is 9.72. The van der Waals surface area contributed by atoms with E-state index in [1.807, 2.05) is 13.8 Å². The number of pyridine rings is 1. The van der Waals surface area contributed by atoms with Gasteiger partial charge in [0.2, 0.25) is 10.0 Å². The van der Waals surface area contributed by atoms with Crippen LogP contribution in [0.25, 0.3) is 22.1 Å². The molecule has 204 valence electrons. The first-order valence-corrected chi connectivity index (χ1v) is 15.5. The van der Waals surface area contributed by atoms with E-state index in [1.165, 1.54) is 24.5 Å². The lowest BCUT2D eigenvalue weighted by molar-refractivity contribution is 0.0513. The molecule has 1 aliphatic heterocycles. The van der Waals surface area contributed by atoms with Gasteiger partial charge in [-0.15, -0.1) is 0 Å². The first-order chi connectivity index (χ1) is 17.9. The van der Waals surface area contributed by atoms with Gasteiger partial charge in [-0.2, -0.15) is 0 Å². The van der Waals surface area contributed by atoms with Crippen LogP contribution in [-0.4, -0.2) is 71.7 Å². The number of nitrogens with two attached hydrogens (primary N) is 1. The van der Waals surface area contributed by atoms with Crippen LogP contribution in [0.3, 0.4) is 0 Å². The molecule has 1 aromatic carbocycles. The number of imidazole rings is 1. The number of benzene rings is 1. The zero-order valence-corrected chi connectivity index (χ0v) is 22.8. The van der Waals surface area contributed by atoms with Gasteiger partial charge in [0.05, 0.1) is 22.4 Å². The Balaban J connectivity index is 1.52. The highest BCUT2D eigenvalue weighted by Gasteiger charge is 2.36. The van der Waals surface area contributed by atoms with Crippen molar-refractivity contribution in [2.24, 2.45) is 11.1 Å². The van der Waals surface area contributed by atoms with E-state index in [0.717, 1.165) is 3.97 Å². The summed E-state index contributed by atoms with van der Waals surface area (Å²) in [5.41, 5.74) is 0.717. The lowest BCUT2D eigenvalue weighted by atomic mass is 9.83. The molecular formula is C25H31FN6O4S2. The number of hydrogen-bond acceptors (Lipinski definition) is 7. The number of nitrogens with one attached hydrogen (secondary N) is 1. The standard InChI is InChI=1S/C25H31FN6O4S2/c1-25(2,16-26)31-11-8-17(9-12-31)20(15-37(27,33)34)23-29-21-14-28-24-19(22(21)30-23)10-13-32(24)38(35,36)18-6-4-3-5-7-18/h3-7,10,13-14,17,20H,8-9,11-12,15-16H2,1-2H3,(H,29,30)(H2,27,33,34). The van der Waals surface area contributed by atoms with Gasteiger partial charge in [-0.05, 0) is 63.9 Å². The van der Waals surface area contributed by atoms with Gasteiger partial charge in [0.15, 0.2) is 5.65 Å². The van der Waals surface area contributed by atoms with E-state index in [-0.39, 0.29) is 22.2 Å². The summed E-state index contributed by atoms with van der Waals surface area (Å²) in [4.78, 5) is 14.6. The van der Waals surface area contributed by atoms with E-state index in [9.17, 15) is 21.2 Å². The Labute approximate surface area is 221 Å². The predicted molar refractivity (Wildman–Crippen MR) is 143 cm³/mol.